The Kier molecular flexibility index (Phi) is 6.36. The van der Waals surface area contributed by atoms with Crippen molar-refractivity contribution < 1.29 is 24.2 Å². The number of nitrogens with zero attached hydrogens (tertiary/aromatic N) is 7. The number of carbonyl (C=O) groups excluding carboxylic acids is 2. The van der Waals surface area contributed by atoms with E-state index in [0.29, 0.717) is 0 Å². The van der Waals surface area contributed by atoms with Crippen LogP contribution in [0.4, 0.5) is 4.79 Å². The Morgan fingerprint density at radius 1 is 1.30 bits per heavy atom. The highest BCUT2D eigenvalue weighted by Crippen LogP contribution is 2.59. The standard InChI is InChI=1S/C16H24N8O5S/c1-14(2,3)29-13(28)21-9-10(25)24-11(9)30-15(4,5)16(24,12(26)27)8(6-19-22-17)7-20-23-18/h8-9,11H,6-7H2,1-5H3,(H,21,28)(H,26,27)/t9-,11-,16+/m1/s1. The van der Waals surface area contributed by atoms with Gasteiger partial charge >= 0.3 is 12.1 Å². The van der Waals surface area contributed by atoms with Crippen molar-refractivity contribution in [3.05, 3.63) is 20.9 Å². The molecule has 0 aliphatic carbocycles. The maximum Gasteiger partial charge on any atom is 0.408 e. The normalized spacial score (nSPS) is 27.6. The van der Waals surface area contributed by atoms with Crippen molar-refractivity contribution in [3.8, 4) is 0 Å². The molecule has 0 aromatic heterocycles. The van der Waals surface area contributed by atoms with Crippen LogP contribution >= 0.6 is 11.8 Å². The third-order valence-electron chi connectivity index (χ3n) is 5.08. The molecule has 0 spiro atoms. The topological polar surface area (TPSA) is 193 Å². The number of azide groups is 2. The zero-order valence-electron chi connectivity index (χ0n) is 17.3. The molecule has 2 aliphatic heterocycles. The first kappa shape index (κ1) is 23.5. The summed E-state index contributed by atoms with van der Waals surface area (Å²) in [6.45, 7) is 7.78. The van der Waals surface area contributed by atoms with Crippen molar-refractivity contribution in [1.82, 2.24) is 10.2 Å². The summed E-state index contributed by atoms with van der Waals surface area (Å²) in [6, 6.07) is -0.968. The van der Waals surface area contributed by atoms with Crippen LogP contribution in [0.2, 0.25) is 0 Å². The van der Waals surface area contributed by atoms with Gasteiger partial charge in [-0.3, -0.25) is 4.79 Å². The molecule has 3 atom stereocenters. The molecule has 14 heteroatoms. The van der Waals surface area contributed by atoms with E-state index in [4.69, 9.17) is 15.8 Å². The van der Waals surface area contributed by atoms with Gasteiger partial charge in [-0.05, 0) is 45.7 Å². The van der Waals surface area contributed by atoms with Crippen molar-refractivity contribution in [3.63, 3.8) is 0 Å². The third-order valence-corrected chi connectivity index (χ3v) is 6.70. The molecule has 2 aliphatic rings. The summed E-state index contributed by atoms with van der Waals surface area (Å²) in [6.07, 6.45) is -0.786. The molecule has 2 amide bonds. The average molecular weight is 440 g/mol. The summed E-state index contributed by atoms with van der Waals surface area (Å²) in [5.74, 6) is -2.88. The lowest BCUT2D eigenvalue weighted by Gasteiger charge is -2.52. The van der Waals surface area contributed by atoms with Crippen LogP contribution in [0.25, 0.3) is 20.9 Å². The van der Waals surface area contributed by atoms with Gasteiger partial charge in [0.1, 0.15) is 17.0 Å². The van der Waals surface area contributed by atoms with Gasteiger partial charge in [-0.25, -0.2) is 9.59 Å². The predicted octanol–water partition coefficient (Wildman–Crippen LogP) is 2.63. The van der Waals surface area contributed by atoms with E-state index in [-0.39, 0.29) is 13.1 Å². The number of β-lactam (4-membered cyclic amide) rings is 1. The number of carboxylic acid groups (broad SMARTS) is 1. The smallest absolute Gasteiger partial charge is 0.408 e. The average Bonchev–Trinajstić information content (AvgIpc) is 2.84. The molecule has 30 heavy (non-hydrogen) atoms. The lowest BCUT2D eigenvalue weighted by atomic mass is 9.71. The minimum atomic E-state index is -1.81. The Bertz CT molecular complexity index is 825. The monoisotopic (exact) mass is 440 g/mol. The highest BCUT2D eigenvalue weighted by atomic mass is 32.2. The fourth-order valence-corrected chi connectivity index (χ4v) is 5.86. The number of ether oxygens (including phenoxy) is 1. The van der Waals surface area contributed by atoms with E-state index in [1.165, 1.54) is 16.7 Å². The van der Waals surface area contributed by atoms with Crippen LogP contribution in [0.15, 0.2) is 10.2 Å². The van der Waals surface area contributed by atoms with Gasteiger partial charge in [0.2, 0.25) is 5.91 Å². The molecule has 0 aromatic carbocycles. The fourth-order valence-electron chi connectivity index (χ4n) is 4.02. The van der Waals surface area contributed by atoms with Crippen molar-refractivity contribution in [1.29, 1.82) is 0 Å². The maximum atomic E-state index is 13.0. The Labute approximate surface area is 176 Å². The highest BCUT2D eigenvalue weighted by molar-refractivity contribution is 8.01. The number of fused-ring (bicyclic) bond motifs is 1. The van der Waals surface area contributed by atoms with Crippen molar-refractivity contribution in [2.75, 3.05) is 13.1 Å². The maximum absolute atomic E-state index is 13.0. The van der Waals surface area contributed by atoms with Gasteiger partial charge in [0.25, 0.3) is 0 Å². The Hall–Kier alpha value is -2.82. The SMILES string of the molecule is CC(C)(C)OC(=O)N[C@@H]1C(=O)N2[C@@H]1SC(C)(C)[C@@]2(C(=O)O)C(CN=[N+]=[N-])CN=[N+]=[N-]. The third kappa shape index (κ3) is 3.81. The Balaban J connectivity index is 2.42. The first-order chi connectivity index (χ1) is 13.8. The molecule has 0 aromatic rings. The molecule has 0 saturated carbocycles. The second-order valence-electron chi connectivity index (χ2n) is 8.45. The van der Waals surface area contributed by atoms with Crippen LogP contribution in [0.5, 0.6) is 0 Å². The summed E-state index contributed by atoms with van der Waals surface area (Å²) < 4.78 is 4.14. The van der Waals surface area contributed by atoms with Gasteiger partial charge in [-0.2, -0.15) is 0 Å². The van der Waals surface area contributed by atoms with Crippen LogP contribution in [0.1, 0.15) is 34.6 Å². The molecule has 164 valence electrons. The molecule has 2 heterocycles. The number of thioether (sulfide) groups is 1. The Morgan fingerprint density at radius 3 is 2.27 bits per heavy atom. The molecule has 2 saturated heterocycles. The molecule has 2 N–H and O–H groups in total. The molecule has 2 rings (SSSR count). The van der Waals surface area contributed by atoms with Crippen LogP contribution in [0.3, 0.4) is 0 Å². The van der Waals surface area contributed by atoms with Crippen molar-refractivity contribution in [2.45, 2.75) is 61.9 Å². The molecule has 0 radical (unpaired) electrons. The minimum absolute atomic E-state index is 0.285. The van der Waals surface area contributed by atoms with Crippen molar-refractivity contribution in [2.24, 2.45) is 16.1 Å². The van der Waals surface area contributed by atoms with Gasteiger partial charge < -0.3 is 20.1 Å². The molecule has 13 nitrogen and oxygen atoms in total. The van der Waals surface area contributed by atoms with Crippen LogP contribution in [-0.4, -0.2) is 68.4 Å². The fraction of sp³-hybridized carbons (Fsp3) is 0.812. The number of carbonyl (C=O) groups is 3. The highest BCUT2D eigenvalue weighted by Gasteiger charge is 2.75. The summed E-state index contributed by atoms with van der Waals surface area (Å²) >= 11 is 1.20. The molecular formula is C16H24N8O5S. The number of carboxylic acids is 1. The Morgan fingerprint density at radius 2 is 1.83 bits per heavy atom. The molecular weight excluding hydrogens is 416 g/mol. The van der Waals surface area contributed by atoms with E-state index < -0.39 is 51.2 Å². The summed E-state index contributed by atoms with van der Waals surface area (Å²) in [5.41, 5.74) is 14.9. The molecule has 0 bridgehead atoms. The number of aliphatic carboxylic acids is 1. The van der Waals surface area contributed by atoms with E-state index in [9.17, 15) is 19.5 Å². The van der Waals surface area contributed by atoms with Crippen LogP contribution in [0, 0.1) is 5.92 Å². The molecule has 2 fully saturated rings. The largest absolute Gasteiger partial charge is 0.479 e. The second kappa shape index (κ2) is 8.13. The quantitative estimate of drug-likeness (QED) is 0.264. The van der Waals surface area contributed by atoms with Crippen LogP contribution < -0.4 is 5.32 Å². The van der Waals surface area contributed by atoms with E-state index in [1.807, 2.05) is 0 Å². The molecule has 0 unspecified atom stereocenters. The minimum Gasteiger partial charge on any atom is -0.479 e. The van der Waals surface area contributed by atoms with Gasteiger partial charge in [0.15, 0.2) is 5.54 Å². The number of alkyl carbamates (subject to hydrolysis) is 1. The first-order valence-corrected chi connectivity index (χ1v) is 9.97. The number of rotatable bonds is 7. The summed E-state index contributed by atoms with van der Waals surface area (Å²) in [4.78, 5) is 44.2. The van der Waals surface area contributed by atoms with E-state index >= 15 is 0 Å². The lowest BCUT2D eigenvalue weighted by Crippen LogP contribution is -2.78. The van der Waals surface area contributed by atoms with E-state index in [0.717, 1.165) is 0 Å². The lowest BCUT2D eigenvalue weighted by molar-refractivity contribution is -0.176. The zero-order valence-corrected chi connectivity index (χ0v) is 18.1. The van der Waals surface area contributed by atoms with Gasteiger partial charge in [-0.15, -0.1) is 11.8 Å². The predicted molar refractivity (Wildman–Crippen MR) is 107 cm³/mol. The van der Waals surface area contributed by atoms with E-state index in [1.54, 1.807) is 34.6 Å². The summed E-state index contributed by atoms with van der Waals surface area (Å²) in [7, 11) is 0. The summed E-state index contributed by atoms with van der Waals surface area (Å²) in [5, 5.41) is 19.0. The zero-order chi connectivity index (χ0) is 22.9. The van der Waals surface area contributed by atoms with Crippen molar-refractivity contribution >= 4 is 29.7 Å². The van der Waals surface area contributed by atoms with Gasteiger partial charge in [0.05, 0.1) is 0 Å². The van der Waals surface area contributed by atoms with E-state index in [2.05, 4.69) is 25.4 Å². The van der Waals surface area contributed by atoms with Crippen LogP contribution in [-0.2, 0) is 14.3 Å². The number of hydrogen-bond donors (Lipinski definition) is 2. The van der Waals surface area contributed by atoms with Gasteiger partial charge in [-0.1, -0.05) is 10.2 Å². The number of hydrogen-bond acceptors (Lipinski definition) is 7. The van der Waals surface area contributed by atoms with Gasteiger partial charge in [0, 0.05) is 33.6 Å². The first-order valence-electron chi connectivity index (χ1n) is 9.09. The number of amides is 2. The number of nitrogens with one attached hydrogen (secondary N) is 1. The second-order valence-corrected chi connectivity index (χ2v) is 10.2.